The number of nitrogens with two attached hydrogens (primary N) is 1. The van der Waals surface area contributed by atoms with Crippen molar-refractivity contribution in [2.75, 3.05) is 12.8 Å². The monoisotopic (exact) mass is 247 g/mol. The van der Waals surface area contributed by atoms with E-state index in [2.05, 4.69) is 20.7 Å². The van der Waals surface area contributed by atoms with Crippen LogP contribution in [0.1, 0.15) is 10.4 Å². The number of benzene rings is 1. The van der Waals surface area contributed by atoms with Gasteiger partial charge in [0.1, 0.15) is 11.4 Å². The fraction of sp³-hybridized carbons (Fsp3) is 0.125. The molecular weight excluding hydrogens is 241 g/mol. The Hall–Kier alpha value is -1.10. The van der Waals surface area contributed by atoms with Crippen LogP contribution in [0.3, 0.4) is 0 Å². The highest BCUT2D eigenvalue weighted by Gasteiger charge is 2.16. The second-order valence-electron chi connectivity index (χ2n) is 2.34. The van der Waals surface area contributed by atoms with E-state index in [4.69, 9.17) is 5.73 Å². The summed E-state index contributed by atoms with van der Waals surface area (Å²) in [6.45, 7) is 0. The van der Waals surface area contributed by atoms with Gasteiger partial charge < -0.3 is 10.5 Å². The van der Waals surface area contributed by atoms with Gasteiger partial charge in [-0.2, -0.15) is 0 Å². The maximum atomic E-state index is 13.1. The number of esters is 1. The van der Waals surface area contributed by atoms with Crippen LogP contribution in [-0.4, -0.2) is 13.1 Å². The molecular formula is C8H7BrFNO2. The molecule has 0 heterocycles. The summed E-state index contributed by atoms with van der Waals surface area (Å²) in [5, 5.41) is 0. The summed E-state index contributed by atoms with van der Waals surface area (Å²) in [5.74, 6) is -1.47. The third kappa shape index (κ3) is 1.98. The number of nitrogen functional groups attached to an aromatic ring is 1. The van der Waals surface area contributed by atoms with E-state index in [0.717, 1.165) is 6.07 Å². The van der Waals surface area contributed by atoms with Crippen LogP contribution in [0.5, 0.6) is 0 Å². The zero-order valence-corrected chi connectivity index (χ0v) is 8.39. The first-order valence-corrected chi connectivity index (χ1v) is 4.18. The van der Waals surface area contributed by atoms with E-state index in [1.807, 2.05) is 0 Å². The lowest BCUT2D eigenvalue weighted by molar-refractivity contribution is 0.0597. The second-order valence-corrected chi connectivity index (χ2v) is 3.26. The van der Waals surface area contributed by atoms with Crippen molar-refractivity contribution >= 4 is 27.6 Å². The first kappa shape index (κ1) is 9.98. The van der Waals surface area contributed by atoms with Crippen LogP contribution in [0.15, 0.2) is 16.6 Å². The molecule has 0 aliphatic rings. The quantitative estimate of drug-likeness (QED) is 0.610. The Morgan fingerprint density at radius 3 is 2.69 bits per heavy atom. The van der Waals surface area contributed by atoms with Gasteiger partial charge in [0.2, 0.25) is 0 Å². The Labute approximate surface area is 82.8 Å². The van der Waals surface area contributed by atoms with E-state index in [-0.39, 0.29) is 11.3 Å². The van der Waals surface area contributed by atoms with E-state index >= 15 is 0 Å². The van der Waals surface area contributed by atoms with Crippen LogP contribution in [0.4, 0.5) is 10.1 Å². The van der Waals surface area contributed by atoms with Crippen LogP contribution in [0.2, 0.25) is 0 Å². The molecule has 0 aromatic heterocycles. The number of carbonyl (C=O) groups excluding carboxylic acids is 1. The minimum absolute atomic E-state index is 0.0544. The maximum absolute atomic E-state index is 13.1. The van der Waals surface area contributed by atoms with Crippen molar-refractivity contribution in [3.63, 3.8) is 0 Å². The molecule has 1 aromatic rings. The van der Waals surface area contributed by atoms with E-state index in [0.29, 0.717) is 4.47 Å². The smallest absolute Gasteiger partial charge is 0.342 e. The molecule has 0 fully saturated rings. The highest BCUT2D eigenvalue weighted by atomic mass is 79.9. The number of carbonyl (C=O) groups is 1. The van der Waals surface area contributed by atoms with Crippen molar-refractivity contribution in [1.29, 1.82) is 0 Å². The Morgan fingerprint density at radius 1 is 1.62 bits per heavy atom. The molecule has 0 saturated heterocycles. The van der Waals surface area contributed by atoms with Crippen LogP contribution in [-0.2, 0) is 4.74 Å². The van der Waals surface area contributed by atoms with Crippen LogP contribution in [0.25, 0.3) is 0 Å². The zero-order chi connectivity index (χ0) is 10.0. The molecule has 0 radical (unpaired) electrons. The maximum Gasteiger partial charge on any atom is 0.342 e. The minimum Gasteiger partial charge on any atom is -0.465 e. The van der Waals surface area contributed by atoms with Gasteiger partial charge >= 0.3 is 5.97 Å². The molecule has 3 nitrogen and oxygen atoms in total. The third-order valence-corrected chi connectivity index (χ3v) is 1.93. The van der Waals surface area contributed by atoms with Gasteiger partial charge in [-0.15, -0.1) is 0 Å². The highest BCUT2D eigenvalue weighted by Crippen LogP contribution is 2.22. The Bertz CT molecular complexity index is 331. The van der Waals surface area contributed by atoms with Gasteiger partial charge in [-0.05, 0) is 12.1 Å². The molecule has 0 spiro atoms. The number of hydrogen-bond donors (Lipinski definition) is 1. The number of halogens is 2. The average Bonchev–Trinajstić information content (AvgIpc) is 2.02. The van der Waals surface area contributed by atoms with Crippen molar-refractivity contribution in [2.45, 2.75) is 0 Å². The summed E-state index contributed by atoms with van der Waals surface area (Å²) < 4.78 is 18.0. The molecule has 0 aliphatic carbocycles. The molecule has 13 heavy (non-hydrogen) atoms. The highest BCUT2D eigenvalue weighted by molar-refractivity contribution is 9.10. The predicted molar refractivity (Wildman–Crippen MR) is 49.9 cm³/mol. The van der Waals surface area contributed by atoms with Gasteiger partial charge in [0.15, 0.2) is 0 Å². The fourth-order valence-electron chi connectivity index (χ4n) is 0.911. The second kappa shape index (κ2) is 3.74. The molecule has 5 heteroatoms. The summed E-state index contributed by atoms with van der Waals surface area (Å²) >= 11 is 3.05. The summed E-state index contributed by atoms with van der Waals surface area (Å²) in [6, 6.07) is 2.60. The van der Waals surface area contributed by atoms with E-state index in [1.165, 1.54) is 13.2 Å². The molecule has 0 aliphatic heterocycles. The van der Waals surface area contributed by atoms with Gasteiger partial charge in [0.25, 0.3) is 0 Å². The van der Waals surface area contributed by atoms with Gasteiger partial charge in [-0.1, -0.05) is 15.9 Å². The number of ether oxygens (including phenoxy) is 1. The number of anilines is 1. The summed E-state index contributed by atoms with van der Waals surface area (Å²) in [7, 11) is 1.17. The summed E-state index contributed by atoms with van der Waals surface area (Å²) in [6.07, 6.45) is 0. The zero-order valence-electron chi connectivity index (χ0n) is 6.80. The number of rotatable bonds is 1. The lowest BCUT2D eigenvalue weighted by Gasteiger charge is -2.04. The summed E-state index contributed by atoms with van der Waals surface area (Å²) in [5.41, 5.74) is 5.25. The lowest BCUT2D eigenvalue weighted by atomic mass is 10.2. The normalized spacial score (nSPS) is 9.77. The molecule has 2 N–H and O–H groups in total. The number of methoxy groups -OCH3 is 1. The minimum atomic E-state index is -0.775. The van der Waals surface area contributed by atoms with Crippen molar-refractivity contribution in [2.24, 2.45) is 0 Å². The molecule has 0 atom stereocenters. The molecule has 0 bridgehead atoms. The Morgan fingerprint density at radius 2 is 2.23 bits per heavy atom. The van der Waals surface area contributed by atoms with Crippen LogP contribution in [0, 0.1) is 5.82 Å². The van der Waals surface area contributed by atoms with E-state index < -0.39 is 11.8 Å². The molecule has 0 saturated carbocycles. The van der Waals surface area contributed by atoms with E-state index in [9.17, 15) is 9.18 Å². The Kier molecular flexibility index (Phi) is 2.87. The number of hydrogen-bond acceptors (Lipinski definition) is 3. The SMILES string of the molecule is COC(=O)c1c(N)cc(Br)cc1F. The largest absolute Gasteiger partial charge is 0.465 e. The molecule has 1 aromatic carbocycles. The van der Waals surface area contributed by atoms with Gasteiger partial charge in [0, 0.05) is 4.47 Å². The predicted octanol–water partition coefficient (Wildman–Crippen LogP) is 1.96. The topological polar surface area (TPSA) is 52.3 Å². The molecule has 0 amide bonds. The van der Waals surface area contributed by atoms with E-state index in [1.54, 1.807) is 0 Å². The first-order chi connectivity index (χ1) is 6.06. The summed E-state index contributed by atoms with van der Waals surface area (Å²) in [4.78, 5) is 11.0. The lowest BCUT2D eigenvalue weighted by Crippen LogP contribution is -2.08. The molecule has 70 valence electrons. The fourth-order valence-corrected chi connectivity index (χ4v) is 1.36. The molecule has 1 rings (SSSR count). The van der Waals surface area contributed by atoms with Gasteiger partial charge in [-0.3, -0.25) is 0 Å². The third-order valence-electron chi connectivity index (χ3n) is 1.48. The Balaban J connectivity index is 3.28. The van der Waals surface area contributed by atoms with Crippen LogP contribution >= 0.6 is 15.9 Å². The standard InChI is InChI=1S/C8H7BrFNO2/c1-13-8(12)7-5(10)2-4(9)3-6(7)11/h2-3H,11H2,1H3. The van der Waals surface area contributed by atoms with Crippen LogP contribution < -0.4 is 5.73 Å². The van der Waals surface area contributed by atoms with Crippen molar-refractivity contribution in [3.8, 4) is 0 Å². The van der Waals surface area contributed by atoms with Crippen molar-refractivity contribution in [1.82, 2.24) is 0 Å². The van der Waals surface area contributed by atoms with Crippen molar-refractivity contribution < 1.29 is 13.9 Å². The first-order valence-electron chi connectivity index (χ1n) is 3.39. The van der Waals surface area contributed by atoms with Gasteiger partial charge in [0.05, 0.1) is 12.8 Å². The van der Waals surface area contributed by atoms with Crippen molar-refractivity contribution in [3.05, 3.63) is 28.0 Å². The molecule has 0 unspecified atom stereocenters. The van der Waals surface area contributed by atoms with Gasteiger partial charge in [-0.25, -0.2) is 9.18 Å². The average molecular weight is 248 g/mol.